The Morgan fingerprint density at radius 1 is 1.39 bits per heavy atom. The average Bonchev–Trinajstić information content (AvgIpc) is 3.28. The zero-order valence-electron chi connectivity index (χ0n) is 20.6. The Kier molecular flexibility index (Phi) is 8.41. The first-order valence-electron chi connectivity index (χ1n) is 11.3. The summed E-state index contributed by atoms with van der Waals surface area (Å²) < 4.78 is 59.8. The number of aromatic nitrogens is 4. The summed E-state index contributed by atoms with van der Waals surface area (Å²) in [6.45, 7) is 7.00. The number of hydrogen-bond acceptors (Lipinski definition) is 11. The number of fused-ring (bicyclic) bond motifs is 1. The number of nitrogens with two attached hydrogens (primary N) is 1. The normalized spacial score (nSPS) is 27.4. The van der Waals surface area contributed by atoms with Crippen molar-refractivity contribution in [3.8, 4) is 0 Å². The number of carbonyl (C=O) groups excluding carboxylic acids is 1. The van der Waals surface area contributed by atoms with Crippen molar-refractivity contribution in [3.63, 3.8) is 0 Å². The summed E-state index contributed by atoms with van der Waals surface area (Å²) in [6.07, 6.45) is -2.51. The Bertz CT molecular complexity index is 1120. The highest BCUT2D eigenvalue weighted by molar-refractivity contribution is 7.36. The lowest BCUT2D eigenvalue weighted by Gasteiger charge is -2.24. The van der Waals surface area contributed by atoms with Crippen LogP contribution in [0.15, 0.2) is 6.33 Å². The van der Waals surface area contributed by atoms with Crippen molar-refractivity contribution < 1.29 is 37.2 Å². The van der Waals surface area contributed by atoms with E-state index in [0.717, 1.165) is 17.9 Å². The summed E-state index contributed by atoms with van der Waals surface area (Å²) in [7, 11) is -2.80. The fraction of sp³-hybridized carbons (Fsp3) is 0.700. The van der Waals surface area contributed by atoms with E-state index in [0.29, 0.717) is 12.4 Å². The van der Waals surface area contributed by atoms with Gasteiger partial charge < -0.3 is 25.6 Å². The summed E-state index contributed by atoms with van der Waals surface area (Å²) in [5.74, 6) is -3.62. The number of imidazole rings is 1. The molecule has 6 atom stereocenters. The first kappa shape index (κ1) is 28.0. The SMILES string of the molecule is CCCNc1nc(N)nc2c1ncn2[C@@H]1O[C@](F)(CO[P+](=O)N[C@@H](C)C(=O)OC(C)C)[C@@H](O)[C@@]1(C)F. The molecule has 0 amide bonds. The van der Waals surface area contributed by atoms with Crippen molar-refractivity contribution in [1.82, 2.24) is 24.6 Å². The molecular formula is C20H31F2N7O6P+. The molecule has 3 rings (SSSR count). The Balaban J connectivity index is 1.78. The van der Waals surface area contributed by atoms with E-state index in [-0.39, 0.29) is 17.1 Å². The van der Waals surface area contributed by atoms with Gasteiger partial charge in [0.15, 0.2) is 41.6 Å². The molecule has 0 spiro atoms. The van der Waals surface area contributed by atoms with Gasteiger partial charge in [-0.25, -0.2) is 13.8 Å². The number of nitrogens with zero attached hydrogens (tertiary/aromatic N) is 4. The maximum absolute atomic E-state index is 15.7. The molecule has 3 heterocycles. The number of rotatable bonds is 11. The van der Waals surface area contributed by atoms with E-state index < -0.39 is 56.8 Å². The lowest BCUT2D eigenvalue weighted by atomic mass is 9.97. The van der Waals surface area contributed by atoms with Crippen LogP contribution in [0.2, 0.25) is 0 Å². The van der Waals surface area contributed by atoms with Crippen LogP contribution in [0.25, 0.3) is 11.2 Å². The molecule has 2 aromatic heterocycles. The summed E-state index contributed by atoms with van der Waals surface area (Å²) in [5.41, 5.74) is 3.40. The van der Waals surface area contributed by atoms with Gasteiger partial charge in [0.1, 0.15) is 6.04 Å². The second-order valence-electron chi connectivity index (χ2n) is 8.86. The van der Waals surface area contributed by atoms with Gasteiger partial charge in [0.05, 0.1) is 12.4 Å². The summed E-state index contributed by atoms with van der Waals surface area (Å²) in [5, 5.41) is 15.8. The van der Waals surface area contributed by atoms with Gasteiger partial charge in [-0.15, -0.1) is 4.52 Å². The molecule has 1 fully saturated rings. The fourth-order valence-electron chi connectivity index (χ4n) is 3.56. The quantitative estimate of drug-likeness (QED) is 0.244. The number of nitrogen functional groups attached to an aromatic ring is 1. The van der Waals surface area contributed by atoms with Crippen LogP contribution in [0.3, 0.4) is 0 Å². The molecule has 200 valence electrons. The minimum absolute atomic E-state index is 0.0533. The summed E-state index contributed by atoms with van der Waals surface area (Å²) >= 11 is 0. The van der Waals surface area contributed by atoms with Crippen molar-refractivity contribution in [2.24, 2.45) is 0 Å². The van der Waals surface area contributed by atoms with Crippen molar-refractivity contribution in [2.45, 2.75) is 77.0 Å². The van der Waals surface area contributed by atoms with Gasteiger partial charge in [-0.3, -0.25) is 9.36 Å². The number of alkyl halides is 2. The van der Waals surface area contributed by atoms with Crippen molar-refractivity contribution in [3.05, 3.63) is 6.33 Å². The predicted molar refractivity (Wildman–Crippen MR) is 125 cm³/mol. The van der Waals surface area contributed by atoms with Gasteiger partial charge in [0, 0.05) is 6.54 Å². The minimum Gasteiger partial charge on any atom is -0.462 e. The van der Waals surface area contributed by atoms with E-state index in [1.807, 2.05) is 6.92 Å². The van der Waals surface area contributed by atoms with E-state index in [1.165, 1.54) is 13.3 Å². The van der Waals surface area contributed by atoms with Crippen LogP contribution >= 0.6 is 8.18 Å². The average molecular weight is 534 g/mol. The minimum atomic E-state index is -3.10. The first-order chi connectivity index (χ1) is 16.8. The number of aliphatic hydroxyl groups is 1. The highest BCUT2D eigenvalue weighted by Crippen LogP contribution is 2.49. The third-order valence-corrected chi connectivity index (χ3v) is 6.31. The number of nitrogens with one attached hydrogen (secondary N) is 2. The maximum atomic E-state index is 15.7. The van der Waals surface area contributed by atoms with E-state index in [4.69, 9.17) is 19.7 Å². The lowest BCUT2D eigenvalue weighted by Crippen LogP contribution is -2.46. The topological polar surface area (TPSA) is 176 Å². The van der Waals surface area contributed by atoms with Crippen LogP contribution in [0.5, 0.6) is 0 Å². The summed E-state index contributed by atoms with van der Waals surface area (Å²) in [6, 6.07) is -1.03. The second kappa shape index (κ2) is 10.8. The maximum Gasteiger partial charge on any atom is 0.614 e. The van der Waals surface area contributed by atoms with Crippen LogP contribution in [0.4, 0.5) is 20.5 Å². The Labute approximate surface area is 207 Å². The van der Waals surface area contributed by atoms with Gasteiger partial charge >= 0.3 is 14.1 Å². The molecule has 36 heavy (non-hydrogen) atoms. The Morgan fingerprint density at radius 2 is 2.08 bits per heavy atom. The zero-order valence-corrected chi connectivity index (χ0v) is 21.5. The Hall–Kier alpha value is -2.58. The zero-order chi connectivity index (χ0) is 26.8. The first-order valence-corrected chi connectivity index (χ1v) is 12.5. The standard InChI is InChI=1S/C20H31F2N7O6P/c1-6-7-24-13-12-14(27-18(23)26-13)29(9-25-12)17-19(5,21)16(31)20(22,35-17)8-33-36(32)28-11(4)15(30)34-10(2)3/h9-11,16-17,31H,6-8H2,1-5H3,(H,28,32)(H3,23,24,26,27)/q+1/t11-,16-,17+,19+,20+/m0/s1. The third kappa shape index (κ3) is 5.70. The van der Waals surface area contributed by atoms with Crippen LogP contribution < -0.4 is 16.1 Å². The third-order valence-electron chi connectivity index (χ3n) is 5.35. The van der Waals surface area contributed by atoms with Crippen LogP contribution in [0, 0.1) is 0 Å². The molecule has 1 aliphatic heterocycles. The van der Waals surface area contributed by atoms with Crippen LogP contribution in [-0.4, -0.2) is 73.5 Å². The van der Waals surface area contributed by atoms with Crippen molar-refractivity contribution >= 4 is 37.1 Å². The monoisotopic (exact) mass is 534 g/mol. The predicted octanol–water partition coefficient (Wildman–Crippen LogP) is 2.12. The molecule has 0 aromatic carbocycles. The smallest absolute Gasteiger partial charge is 0.462 e. The summed E-state index contributed by atoms with van der Waals surface area (Å²) in [4.78, 5) is 24.2. The van der Waals surface area contributed by atoms with Gasteiger partial charge in [-0.1, -0.05) is 12.0 Å². The number of aliphatic hydroxyl groups excluding tert-OH is 1. The lowest BCUT2D eigenvalue weighted by molar-refractivity contribution is -0.201. The van der Waals surface area contributed by atoms with Crippen LogP contribution in [0.1, 0.15) is 47.3 Å². The van der Waals surface area contributed by atoms with E-state index in [9.17, 15) is 14.5 Å². The number of anilines is 2. The van der Waals surface area contributed by atoms with E-state index in [2.05, 4.69) is 25.4 Å². The molecule has 0 aliphatic carbocycles. The molecule has 5 N–H and O–H groups in total. The molecule has 0 radical (unpaired) electrons. The largest absolute Gasteiger partial charge is 0.614 e. The number of ether oxygens (including phenoxy) is 2. The van der Waals surface area contributed by atoms with Gasteiger partial charge in [-0.2, -0.15) is 9.97 Å². The number of esters is 1. The van der Waals surface area contributed by atoms with Crippen LogP contribution in [-0.2, 0) is 23.4 Å². The molecular weight excluding hydrogens is 503 g/mol. The van der Waals surface area contributed by atoms with E-state index in [1.54, 1.807) is 13.8 Å². The Morgan fingerprint density at radius 3 is 2.72 bits per heavy atom. The molecule has 1 aliphatic rings. The highest BCUT2D eigenvalue weighted by Gasteiger charge is 2.65. The molecule has 1 unspecified atom stereocenters. The van der Waals surface area contributed by atoms with Gasteiger partial charge in [0.2, 0.25) is 5.95 Å². The number of halogens is 2. The van der Waals surface area contributed by atoms with Crippen molar-refractivity contribution in [1.29, 1.82) is 0 Å². The molecule has 2 aromatic rings. The van der Waals surface area contributed by atoms with Gasteiger partial charge in [0.25, 0.3) is 5.85 Å². The highest BCUT2D eigenvalue weighted by atomic mass is 31.1. The number of carbonyl (C=O) groups is 1. The molecule has 0 bridgehead atoms. The van der Waals surface area contributed by atoms with Gasteiger partial charge in [-0.05, 0) is 38.7 Å². The molecule has 1 saturated heterocycles. The fourth-order valence-corrected chi connectivity index (χ4v) is 4.35. The van der Waals surface area contributed by atoms with Crippen molar-refractivity contribution in [2.75, 3.05) is 24.2 Å². The molecule has 16 heteroatoms. The molecule has 0 saturated carbocycles. The molecule has 13 nitrogen and oxygen atoms in total. The van der Waals surface area contributed by atoms with E-state index >= 15 is 8.78 Å². The second-order valence-corrected chi connectivity index (χ2v) is 9.89. The number of hydrogen-bond donors (Lipinski definition) is 4.